The Morgan fingerprint density at radius 2 is 1.97 bits per heavy atom. The third kappa shape index (κ3) is 4.04. The molecule has 3 heterocycles. The Balaban J connectivity index is 1.88. The lowest BCUT2D eigenvalue weighted by atomic mass is 9.93. The number of amides is 1. The van der Waals surface area contributed by atoms with Crippen molar-refractivity contribution in [1.82, 2.24) is 19.3 Å². The number of ether oxygens (including phenoxy) is 1. The van der Waals surface area contributed by atoms with E-state index in [1.165, 1.54) is 7.11 Å². The number of pyridine rings is 1. The van der Waals surface area contributed by atoms with Crippen LogP contribution in [0.25, 0.3) is 22.2 Å². The number of carbonyl (C=O) groups is 1. The number of hydrogen-bond acceptors (Lipinski definition) is 5. The van der Waals surface area contributed by atoms with Crippen molar-refractivity contribution < 1.29 is 14.6 Å². The lowest BCUT2D eigenvalue weighted by molar-refractivity contribution is 0.111. The van der Waals surface area contributed by atoms with Gasteiger partial charge in [-0.25, -0.2) is 9.78 Å². The molecule has 0 bridgehead atoms. The average molecular weight is 426 g/mol. The summed E-state index contributed by atoms with van der Waals surface area (Å²) >= 11 is 0. The molecular weight excluding hydrogens is 394 g/mol. The molecule has 0 radical (unpaired) electrons. The summed E-state index contributed by atoms with van der Waals surface area (Å²) in [5.41, 5.74) is 2.41. The van der Waals surface area contributed by atoms with Gasteiger partial charge in [-0.1, -0.05) is 0 Å². The van der Waals surface area contributed by atoms with Crippen molar-refractivity contribution in [2.75, 3.05) is 12.0 Å². The van der Waals surface area contributed by atoms with Gasteiger partial charge in [0.1, 0.15) is 5.82 Å². The van der Waals surface area contributed by atoms with E-state index in [2.05, 4.69) is 20.8 Å². The Hall–Kier alpha value is -2.87. The molecule has 8 heteroatoms. The van der Waals surface area contributed by atoms with Crippen LogP contribution in [0.15, 0.2) is 30.7 Å². The van der Waals surface area contributed by atoms with Gasteiger partial charge in [0, 0.05) is 54.2 Å². The molecule has 8 nitrogen and oxygen atoms in total. The average Bonchev–Trinajstić information content (AvgIpc) is 3.31. The molecule has 3 aromatic heterocycles. The maximum atomic E-state index is 12.6. The van der Waals surface area contributed by atoms with Crippen LogP contribution in [0.1, 0.15) is 52.5 Å². The van der Waals surface area contributed by atoms with Crippen LogP contribution < -0.4 is 4.90 Å². The van der Waals surface area contributed by atoms with E-state index >= 15 is 0 Å². The van der Waals surface area contributed by atoms with Crippen molar-refractivity contribution in [3.8, 4) is 11.3 Å². The molecule has 1 aliphatic rings. The van der Waals surface area contributed by atoms with Gasteiger partial charge in [-0.15, -0.1) is 0 Å². The van der Waals surface area contributed by atoms with Gasteiger partial charge in [0.15, 0.2) is 0 Å². The van der Waals surface area contributed by atoms with Crippen LogP contribution in [0.3, 0.4) is 0 Å². The van der Waals surface area contributed by atoms with Crippen molar-refractivity contribution >= 4 is 22.8 Å². The van der Waals surface area contributed by atoms with Gasteiger partial charge in [0.05, 0.1) is 24.4 Å². The summed E-state index contributed by atoms with van der Waals surface area (Å²) < 4.78 is 9.10. The van der Waals surface area contributed by atoms with Gasteiger partial charge in [-0.3, -0.25) is 9.58 Å². The minimum atomic E-state index is -0.496. The Morgan fingerprint density at radius 3 is 2.55 bits per heavy atom. The van der Waals surface area contributed by atoms with Crippen molar-refractivity contribution in [3.63, 3.8) is 0 Å². The maximum Gasteiger partial charge on any atom is 0.415 e. The summed E-state index contributed by atoms with van der Waals surface area (Å²) in [4.78, 5) is 18.8. The fraction of sp³-hybridized carbons (Fsp3) is 0.522. The molecule has 0 aliphatic heterocycles. The molecule has 0 spiro atoms. The normalized spacial score (nSPS) is 19.5. The topological polar surface area (TPSA) is 85.4 Å². The standard InChI is InChI=1S/C23H31N5O3/c1-23(2,3)28(22(30)31-5)21-12-20-17(13-24-21)18(19-10-11-26(4)25-19)14-27(20)15-6-8-16(29)9-7-15/h10-16,29H,6-9H2,1-5H3. The zero-order chi connectivity index (χ0) is 22.3. The smallest absolute Gasteiger partial charge is 0.415 e. The molecule has 166 valence electrons. The fourth-order valence-corrected chi connectivity index (χ4v) is 4.46. The second-order valence-corrected chi connectivity index (χ2v) is 9.32. The van der Waals surface area contributed by atoms with E-state index in [9.17, 15) is 9.90 Å². The van der Waals surface area contributed by atoms with Crippen LogP contribution in [0.5, 0.6) is 0 Å². The molecule has 0 atom stereocenters. The summed E-state index contributed by atoms with van der Waals surface area (Å²) in [5.74, 6) is 0.551. The number of aromatic nitrogens is 4. The van der Waals surface area contributed by atoms with Crippen LogP contribution in [-0.4, -0.2) is 49.3 Å². The first kappa shape index (κ1) is 21.4. The van der Waals surface area contributed by atoms with E-state index in [0.717, 1.165) is 47.8 Å². The van der Waals surface area contributed by atoms with Crippen LogP contribution in [-0.2, 0) is 11.8 Å². The second kappa shape index (κ2) is 8.00. The van der Waals surface area contributed by atoms with Gasteiger partial charge >= 0.3 is 6.09 Å². The predicted molar refractivity (Wildman–Crippen MR) is 120 cm³/mol. The number of methoxy groups -OCH3 is 1. The highest BCUT2D eigenvalue weighted by molar-refractivity contribution is 5.97. The highest BCUT2D eigenvalue weighted by Gasteiger charge is 2.31. The summed E-state index contributed by atoms with van der Waals surface area (Å²) in [6, 6.07) is 4.24. The molecule has 1 amide bonds. The molecule has 1 fully saturated rings. The Kier molecular flexibility index (Phi) is 5.51. The van der Waals surface area contributed by atoms with Crippen LogP contribution in [0.2, 0.25) is 0 Å². The number of rotatable bonds is 3. The monoisotopic (exact) mass is 425 g/mol. The third-order valence-corrected chi connectivity index (χ3v) is 6.01. The SMILES string of the molecule is COC(=O)N(c1cc2c(cn1)c(-c1ccn(C)n1)cn2C1CCC(O)CC1)C(C)(C)C. The van der Waals surface area contributed by atoms with Crippen LogP contribution in [0, 0.1) is 0 Å². The van der Waals surface area contributed by atoms with Gasteiger partial charge in [-0.05, 0) is 52.5 Å². The number of aliphatic hydroxyl groups is 1. The summed E-state index contributed by atoms with van der Waals surface area (Å²) in [6.07, 6.45) is 8.62. The number of carbonyl (C=O) groups excluding carboxylic acids is 1. The zero-order valence-corrected chi connectivity index (χ0v) is 18.9. The van der Waals surface area contributed by atoms with E-state index < -0.39 is 11.6 Å². The van der Waals surface area contributed by atoms with Gasteiger partial charge in [-0.2, -0.15) is 5.10 Å². The Bertz CT molecular complexity index is 1090. The van der Waals surface area contributed by atoms with Crippen molar-refractivity contribution in [1.29, 1.82) is 0 Å². The molecule has 4 rings (SSSR count). The number of aryl methyl sites for hydroxylation is 1. The first-order valence-electron chi connectivity index (χ1n) is 10.8. The highest BCUT2D eigenvalue weighted by Crippen LogP contribution is 2.38. The highest BCUT2D eigenvalue weighted by atomic mass is 16.5. The van der Waals surface area contributed by atoms with Gasteiger partial charge in [0.25, 0.3) is 0 Å². The van der Waals surface area contributed by atoms with Gasteiger partial charge in [0.2, 0.25) is 0 Å². The summed E-state index contributed by atoms with van der Waals surface area (Å²) in [7, 11) is 3.29. The van der Waals surface area contributed by atoms with Crippen LogP contribution in [0.4, 0.5) is 10.6 Å². The second-order valence-electron chi connectivity index (χ2n) is 9.32. The Labute approximate surface area is 182 Å². The molecule has 3 aromatic rings. The van der Waals surface area contributed by atoms with E-state index in [1.54, 1.807) is 9.58 Å². The largest absolute Gasteiger partial charge is 0.452 e. The minimum Gasteiger partial charge on any atom is -0.452 e. The van der Waals surface area contributed by atoms with Crippen molar-refractivity contribution in [3.05, 3.63) is 30.7 Å². The van der Waals surface area contributed by atoms with Crippen molar-refractivity contribution in [2.24, 2.45) is 7.05 Å². The minimum absolute atomic E-state index is 0.221. The molecular formula is C23H31N5O3. The van der Waals surface area contributed by atoms with E-state index in [0.29, 0.717) is 5.82 Å². The lowest BCUT2D eigenvalue weighted by Gasteiger charge is -2.33. The number of fused-ring (bicyclic) bond motifs is 1. The zero-order valence-electron chi connectivity index (χ0n) is 18.9. The quantitative estimate of drug-likeness (QED) is 0.677. The van der Waals surface area contributed by atoms with E-state index in [-0.39, 0.29) is 12.1 Å². The number of nitrogens with zero attached hydrogens (tertiary/aromatic N) is 5. The van der Waals surface area contributed by atoms with E-state index in [4.69, 9.17) is 4.74 Å². The van der Waals surface area contributed by atoms with Gasteiger partial charge < -0.3 is 14.4 Å². The lowest BCUT2D eigenvalue weighted by Crippen LogP contribution is -2.46. The molecule has 31 heavy (non-hydrogen) atoms. The number of hydrogen-bond donors (Lipinski definition) is 1. The third-order valence-electron chi connectivity index (χ3n) is 6.01. The first-order valence-corrected chi connectivity index (χ1v) is 10.8. The molecule has 1 saturated carbocycles. The maximum absolute atomic E-state index is 12.6. The number of anilines is 1. The first-order chi connectivity index (χ1) is 14.7. The van der Waals surface area contributed by atoms with Crippen molar-refractivity contribution in [2.45, 2.75) is 64.1 Å². The molecule has 1 aliphatic carbocycles. The molecule has 0 aromatic carbocycles. The molecule has 0 saturated heterocycles. The molecule has 1 N–H and O–H groups in total. The summed E-state index contributed by atoms with van der Waals surface area (Å²) in [6.45, 7) is 5.87. The Morgan fingerprint density at radius 1 is 1.26 bits per heavy atom. The number of aliphatic hydroxyl groups excluding tert-OH is 1. The van der Waals surface area contributed by atoms with E-state index in [1.807, 2.05) is 52.3 Å². The fourth-order valence-electron chi connectivity index (χ4n) is 4.46. The molecule has 0 unspecified atom stereocenters. The predicted octanol–water partition coefficient (Wildman–Crippen LogP) is 4.28. The summed E-state index contributed by atoms with van der Waals surface area (Å²) in [5, 5.41) is 15.6. The van der Waals surface area contributed by atoms with Crippen LogP contribution >= 0.6 is 0 Å².